The second-order valence-corrected chi connectivity index (χ2v) is 10.7. The zero-order valence-electron chi connectivity index (χ0n) is 19.1. The first-order chi connectivity index (χ1) is 15.9. The molecule has 2 aromatic carbocycles. The van der Waals surface area contributed by atoms with Crippen LogP contribution in [0.1, 0.15) is 24.0 Å². The molecule has 10 nitrogen and oxygen atoms in total. The predicted octanol–water partition coefficient (Wildman–Crippen LogP) is 0.887. The van der Waals surface area contributed by atoms with Crippen LogP contribution >= 0.6 is 0 Å². The van der Waals surface area contributed by atoms with Gasteiger partial charge in [-0.05, 0) is 44.5 Å². The first-order valence-corrected chi connectivity index (χ1v) is 13.2. The minimum absolute atomic E-state index is 0.0146. The van der Waals surface area contributed by atoms with E-state index in [-0.39, 0.29) is 42.5 Å². The van der Waals surface area contributed by atoms with Gasteiger partial charge < -0.3 is 20.4 Å². The van der Waals surface area contributed by atoms with Crippen LogP contribution < -0.4 is 0 Å². The van der Waals surface area contributed by atoms with Crippen molar-refractivity contribution in [2.45, 2.75) is 48.7 Å². The summed E-state index contributed by atoms with van der Waals surface area (Å²) in [6.45, 7) is 2.53. The topological polar surface area (TPSA) is 168 Å². The molecule has 2 rings (SSSR count). The summed E-state index contributed by atoms with van der Waals surface area (Å²) < 4.78 is 57.8. The van der Waals surface area contributed by atoms with Gasteiger partial charge in [0.05, 0.1) is 41.8 Å². The van der Waals surface area contributed by atoms with E-state index in [2.05, 4.69) is 0 Å². The molecule has 0 saturated heterocycles. The zero-order valence-corrected chi connectivity index (χ0v) is 20.7. The monoisotopic (exact) mass is 520 g/mol. The lowest BCUT2D eigenvalue weighted by Crippen LogP contribution is -2.21. The van der Waals surface area contributed by atoms with Crippen molar-refractivity contribution in [3.8, 4) is 0 Å². The SMILES string of the molecule is Cc1ccc(S(=O)(=O)OCC[C@H](O)COS(=O)(=O)c2ccc(C)cc2)cc1.OCC[C@H](O)CO. The van der Waals surface area contributed by atoms with E-state index in [1.807, 2.05) is 13.8 Å². The fourth-order valence-electron chi connectivity index (χ4n) is 2.33. The van der Waals surface area contributed by atoms with E-state index in [4.69, 9.17) is 23.7 Å². The molecule has 0 radical (unpaired) electrons. The molecule has 34 heavy (non-hydrogen) atoms. The van der Waals surface area contributed by atoms with Crippen LogP contribution in [0.3, 0.4) is 0 Å². The summed E-state index contributed by atoms with van der Waals surface area (Å²) in [6, 6.07) is 12.2. The normalized spacial score (nSPS) is 13.6. The Kier molecular flexibility index (Phi) is 12.8. The Bertz CT molecular complexity index is 1050. The summed E-state index contributed by atoms with van der Waals surface area (Å²) in [6.07, 6.45) is -1.78. The predicted molar refractivity (Wildman–Crippen MR) is 124 cm³/mol. The summed E-state index contributed by atoms with van der Waals surface area (Å²) in [5, 5.41) is 34.5. The van der Waals surface area contributed by atoms with E-state index >= 15 is 0 Å². The maximum absolute atomic E-state index is 12.0. The molecule has 12 heteroatoms. The molecule has 0 aromatic heterocycles. The number of rotatable bonds is 12. The Morgan fingerprint density at radius 2 is 1.15 bits per heavy atom. The van der Waals surface area contributed by atoms with E-state index in [1.165, 1.54) is 24.3 Å². The number of aryl methyl sites for hydroxylation is 2. The van der Waals surface area contributed by atoms with Gasteiger partial charge in [0.25, 0.3) is 20.2 Å². The van der Waals surface area contributed by atoms with Gasteiger partial charge in [0, 0.05) is 13.0 Å². The molecule has 0 unspecified atom stereocenters. The van der Waals surface area contributed by atoms with Crippen molar-refractivity contribution in [3.05, 3.63) is 59.7 Å². The van der Waals surface area contributed by atoms with Gasteiger partial charge >= 0.3 is 0 Å². The van der Waals surface area contributed by atoms with Crippen LogP contribution in [0.5, 0.6) is 0 Å². The molecule has 0 bridgehead atoms. The van der Waals surface area contributed by atoms with Crippen LogP contribution in [-0.2, 0) is 28.6 Å². The number of benzene rings is 2. The van der Waals surface area contributed by atoms with Crippen molar-refractivity contribution < 1.29 is 45.6 Å². The molecular weight excluding hydrogens is 488 g/mol. The highest BCUT2D eigenvalue weighted by molar-refractivity contribution is 7.87. The minimum Gasteiger partial charge on any atom is -0.396 e. The van der Waals surface area contributed by atoms with Crippen molar-refractivity contribution in [2.24, 2.45) is 0 Å². The van der Waals surface area contributed by atoms with Gasteiger partial charge in [-0.25, -0.2) is 0 Å². The van der Waals surface area contributed by atoms with E-state index in [0.29, 0.717) is 0 Å². The van der Waals surface area contributed by atoms with Gasteiger partial charge in [0.15, 0.2) is 0 Å². The second-order valence-electron chi connectivity index (χ2n) is 7.43. The first-order valence-electron chi connectivity index (χ1n) is 10.4. The van der Waals surface area contributed by atoms with Crippen LogP contribution in [0, 0.1) is 13.8 Å². The highest BCUT2D eigenvalue weighted by Gasteiger charge is 2.19. The Hall–Kier alpha value is -1.90. The van der Waals surface area contributed by atoms with Crippen LogP contribution in [-0.4, -0.2) is 75.9 Å². The highest BCUT2D eigenvalue weighted by atomic mass is 32.2. The first kappa shape index (κ1) is 30.1. The van der Waals surface area contributed by atoms with Gasteiger partial charge in [-0.3, -0.25) is 8.37 Å². The molecule has 2 aromatic rings. The number of hydrogen-bond donors (Lipinski definition) is 4. The summed E-state index contributed by atoms with van der Waals surface area (Å²) in [5.74, 6) is 0. The lowest BCUT2D eigenvalue weighted by atomic mass is 10.2. The summed E-state index contributed by atoms with van der Waals surface area (Å²) in [4.78, 5) is -0.000660. The van der Waals surface area contributed by atoms with Crippen molar-refractivity contribution in [1.29, 1.82) is 0 Å². The van der Waals surface area contributed by atoms with Crippen LogP contribution in [0.4, 0.5) is 0 Å². The molecule has 192 valence electrons. The van der Waals surface area contributed by atoms with Crippen molar-refractivity contribution in [3.63, 3.8) is 0 Å². The second kappa shape index (κ2) is 14.5. The van der Waals surface area contributed by atoms with Crippen LogP contribution in [0.2, 0.25) is 0 Å². The molecule has 4 N–H and O–H groups in total. The molecule has 0 aliphatic carbocycles. The van der Waals surface area contributed by atoms with E-state index in [9.17, 15) is 21.9 Å². The van der Waals surface area contributed by atoms with Crippen molar-refractivity contribution in [1.82, 2.24) is 0 Å². The van der Waals surface area contributed by atoms with Crippen LogP contribution in [0.15, 0.2) is 58.3 Å². The maximum atomic E-state index is 12.0. The Labute approximate surface area is 200 Å². The number of hydrogen-bond acceptors (Lipinski definition) is 10. The molecule has 0 aliphatic heterocycles. The largest absolute Gasteiger partial charge is 0.396 e. The average Bonchev–Trinajstić information content (AvgIpc) is 2.79. The zero-order chi connectivity index (χ0) is 25.8. The fraction of sp³-hybridized carbons (Fsp3) is 0.455. The summed E-state index contributed by atoms with van der Waals surface area (Å²) in [5.41, 5.74) is 1.82. The van der Waals surface area contributed by atoms with Crippen molar-refractivity contribution >= 4 is 20.2 Å². The summed E-state index contributed by atoms with van der Waals surface area (Å²) in [7, 11) is -7.92. The number of aliphatic hydroxyl groups excluding tert-OH is 4. The van der Waals surface area contributed by atoms with Crippen molar-refractivity contribution in [2.75, 3.05) is 26.4 Å². The van der Waals surface area contributed by atoms with Gasteiger partial charge in [0.1, 0.15) is 0 Å². The molecule has 0 saturated carbocycles. The third-order valence-electron chi connectivity index (χ3n) is 4.40. The van der Waals surface area contributed by atoms with Crippen LogP contribution in [0.25, 0.3) is 0 Å². The smallest absolute Gasteiger partial charge is 0.297 e. The molecule has 0 spiro atoms. The Morgan fingerprint density at radius 1 is 0.706 bits per heavy atom. The third kappa shape index (κ3) is 11.0. The van der Waals surface area contributed by atoms with E-state index in [0.717, 1.165) is 11.1 Å². The van der Waals surface area contributed by atoms with Gasteiger partial charge in [-0.15, -0.1) is 0 Å². The molecule has 2 atom stereocenters. The van der Waals surface area contributed by atoms with E-state index < -0.39 is 39.1 Å². The molecule has 0 heterocycles. The fourth-order valence-corrected chi connectivity index (χ4v) is 4.19. The Balaban J connectivity index is 0.000000718. The maximum Gasteiger partial charge on any atom is 0.297 e. The average molecular weight is 521 g/mol. The third-order valence-corrected chi connectivity index (χ3v) is 7.02. The highest BCUT2D eigenvalue weighted by Crippen LogP contribution is 2.15. The molecule has 0 fully saturated rings. The van der Waals surface area contributed by atoms with Gasteiger partial charge in [-0.2, -0.15) is 16.8 Å². The molecular formula is C22H32O10S2. The Morgan fingerprint density at radius 3 is 1.53 bits per heavy atom. The molecule has 0 aliphatic rings. The molecule has 0 amide bonds. The number of aliphatic hydroxyl groups is 4. The van der Waals surface area contributed by atoms with Gasteiger partial charge in [0.2, 0.25) is 0 Å². The minimum atomic E-state index is -3.99. The quantitative estimate of drug-likeness (QED) is 0.295. The van der Waals surface area contributed by atoms with Gasteiger partial charge in [-0.1, -0.05) is 35.4 Å². The summed E-state index contributed by atoms with van der Waals surface area (Å²) >= 11 is 0. The standard InChI is InChI=1S/C18H22O7S2.C4H10O3/c1-14-3-7-17(8-4-14)26(20,21)24-12-11-16(19)13-25-27(22,23)18-9-5-15(2)6-10-18;5-2-1-4(7)3-6/h3-10,16,19H,11-13H2,1-2H3;4-7H,1-3H2/t16-;4-/m00/s1. The lowest BCUT2D eigenvalue weighted by Gasteiger charge is -2.12. The van der Waals surface area contributed by atoms with E-state index in [1.54, 1.807) is 24.3 Å². The lowest BCUT2D eigenvalue weighted by molar-refractivity contribution is 0.0721.